The van der Waals surface area contributed by atoms with Crippen LogP contribution in [0.5, 0.6) is 0 Å². The van der Waals surface area contributed by atoms with Gasteiger partial charge in [-0.15, -0.1) is 0 Å². The van der Waals surface area contributed by atoms with E-state index >= 15 is 0 Å². The summed E-state index contributed by atoms with van der Waals surface area (Å²) in [5.74, 6) is 2.29. The van der Waals surface area contributed by atoms with Gasteiger partial charge in [0.1, 0.15) is 5.76 Å². The van der Waals surface area contributed by atoms with E-state index in [4.69, 9.17) is 4.42 Å². The molecule has 26 heavy (non-hydrogen) atoms. The summed E-state index contributed by atoms with van der Waals surface area (Å²) < 4.78 is 5.81. The van der Waals surface area contributed by atoms with Crippen LogP contribution in [0.2, 0.25) is 0 Å². The number of guanidine groups is 1. The average Bonchev–Trinajstić information content (AvgIpc) is 3.04. The van der Waals surface area contributed by atoms with Gasteiger partial charge in [-0.1, -0.05) is 64.4 Å². The first-order chi connectivity index (χ1) is 12.1. The highest BCUT2D eigenvalue weighted by atomic mass is 16.4. The Morgan fingerprint density at radius 1 is 1.08 bits per heavy atom. The smallest absolute Gasteiger partial charge is 0.213 e. The van der Waals surface area contributed by atoms with Crippen molar-refractivity contribution in [1.29, 1.82) is 0 Å². The van der Waals surface area contributed by atoms with Gasteiger partial charge in [0.05, 0.1) is 12.7 Å². The van der Waals surface area contributed by atoms with Gasteiger partial charge in [-0.3, -0.25) is 4.99 Å². The molecule has 0 radical (unpaired) electrons. The zero-order valence-corrected chi connectivity index (χ0v) is 17.1. The molecular formula is C21H32N4O. The molecule has 1 aromatic heterocycles. The molecule has 5 nitrogen and oxygen atoms in total. The minimum atomic E-state index is -0.0385. The Labute approximate surface area is 157 Å². The number of aryl methyl sites for hydroxylation is 1. The predicted molar refractivity (Wildman–Crippen MR) is 108 cm³/mol. The number of aliphatic imine (C=N–C) groups is 1. The summed E-state index contributed by atoms with van der Waals surface area (Å²) >= 11 is 0. The molecule has 0 aliphatic rings. The molecule has 0 fully saturated rings. The third-order valence-corrected chi connectivity index (χ3v) is 4.45. The highest BCUT2D eigenvalue weighted by molar-refractivity contribution is 5.79. The van der Waals surface area contributed by atoms with Crippen LogP contribution in [0, 0.1) is 6.92 Å². The van der Waals surface area contributed by atoms with Crippen molar-refractivity contribution in [3.05, 3.63) is 53.2 Å². The van der Waals surface area contributed by atoms with E-state index in [2.05, 4.69) is 86.4 Å². The molecular weight excluding hydrogens is 324 g/mol. The molecule has 2 N–H and O–H groups in total. The number of benzene rings is 1. The largest absolute Gasteiger partial charge is 0.443 e. The summed E-state index contributed by atoms with van der Waals surface area (Å²) in [6.07, 6.45) is 1.80. The minimum Gasteiger partial charge on any atom is -0.443 e. The highest BCUT2D eigenvalue weighted by Crippen LogP contribution is 2.23. The molecule has 2 aromatic rings. The second-order valence-corrected chi connectivity index (χ2v) is 8.40. The van der Waals surface area contributed by atoms with Crippen LogP contribution in [-0.2, 0) is 17.4 Å². The molecule has 142 valence electrons. The van der Waals surface area contributed by atoms with Gasteiger partial charge in [-0.05, 0) is 12.5 Å². The first-order valence-corrected chi connectivity index (χ1v) is 9.09. The molecule has 0 saturated heterocycles. The van der Waals surface area contributed by atoms with Gasteiger partial charge in [0.15, 0.2) is 5.96 Å². The SMILES string of the molecule is CN=C(NCc1ncc(C(C)(C)C)o1)NCC(C)(C)c1ccc(C)cc1. The molecule has 1 aromatic carbocycles. The molecule has 0 bridgehead atoms. The van der Waals surface area contributed by atoms with E-state index in [0.717, 1.165) is 18.3 Å². The summed E-state index contributed by atoms with van der Waals surface area (Å²) in [5, 5.41) is 6.67. The van der Waals surface area contributed by atoms with Gasteiger partial charge < -0.3 is 15.1 Å². The van der Waals surface area contributed by atoms with Crippen molar-refractivity contribution >= 4 is 5.96 Å². The summed E-state index contributed by atoms with van der Waals surface area (Å²) in [6, 6.07) is 8.68. The van der Waals surface area contributed by atoms with Crippen LogP contribution in [-0.4, -0.2) is 24.5 Å². The zero-order valence-electron chi connectivity index (χ0n) is 17.1. The van der Waals surface area contributed by atoms with Gasteiger partial charge in [0.25, 0.3) is 0 Å². The lowest BCUT2D eigenvalue weighted by Gasteiger charge is -2.27. The summed E-state index contributed by atoms with van der Waals surface area (Å²) in [5.41, 5.74) is 2.53. The van der Waals surface area contributed by atoms with Crippen LogP contribution in [0.4, 0.5) is 0 Å². The Morgan fingerprint density at radius 3 is 2.27 bits per heavy atom. The summed E-state index contributed by atoms with van der Waals surface area (Å²) in [4.78, 5) is 8.64. The molecule has 0 amide bonds. The minimum absolute atomic E-state index is 0.00629. The number of aromatic nitrogens is 1. The van der Waals surface area contributed by atoms with Crippen molar-refractivity contribution < 1.29 is 4.42 Å². The quantitative estimate of drug-likeness (QED) is 0.629. The second kappa shape index (κ2) is 7.94. The number of rotatable bonds is 5. The molecule has 0 aliphatic carbocycles. The van der Waals surface area contributed by atoms with Crippen molar-refractivity contribution in [3.63, 3.8) is 0 Å². The number of hydrogen-bond donors (Lipinski definition) is 2. The van der Waals surface area contributed by atoms with E-state index in [1.54, 1.807) is 13.2 Å². The van der Waals surface area contributed by atoms with E-state index in [1.165, 1.54) is 11.1 Å². The Bertz CT molecular complexity index is 736. The number of nitrogens with one attached hydrogen (secondary N) is 2. The maximum atomic E-state index is 5.81. The van der Waals surface area contributed by atoms with Crippen molar-refractivity contribution in [2.75, 3.05) is 13.6 Å². The Morgan fingerprint density at radius 2 is 1.73 bits per heavy atom. The van der Waals surface area contributed by atoms with Crippen molar-refractivity contribution in [1.82, 2.24) is 15.6 Å². The third kappa shape index (κ3) is 5.35. The third-order valence-electron chi connectivity index (χ3n) is 4.45. The molecule has 0 unspecified atom stereocenters. The number of oxazole rings is 1. The fraction of sp³-hybridized carbons (Fsp3) is 0.524. The van der Waals surface area contributed by atoms with E-state index < -0.39 is 0 Å². The van der Waals surface area contributed by atoms with Crippen LogP contribution in [0.1, 0.15) is 57.4 Å². The number of nitrogens with zero attached hydrogens (tertiary/aromatic N) is 2. The lowest BCUT2D eigenvalue weighted by atomic mass is 9.84. The maximum absolute atomic E-state index is 5.81. The van der Waals surface area contributed by atoms with Crippen molar-refractivity contribution in [3.8, 4) is 0 Å². The van der Waals surface area contributed by atoms with E-state index in [-0.39, 0.29) is 10.8 Å². The van der Waals surface area contributed by atoms with Crippen LogP contribution in [0.25, 0.3) is 0 Å². The second-order valence-electron chi connectivity index (χ2n) is 8.40. The van der Waals surface area contributed by atoms with E-state index in [9.17, 15) is 0 Å². The van der Waals surface area contributed by atoms with E-state index in [1.807, 2.05) is 0 Å². The molecule has 5 heteroatoms. The standard InChI is InChI=1S/C21H32N4O/c1-15-8-10-16(11-9-15)21(5,6)14-25-19(22-7)24-13-18-23-12-17(26-18)20(2,3)4/h8-12H,13-14H2,1-7H3,(H2,22,24,25). The van der Waals surface area contributed by atoms with E-state index in [0.29, 0.717) is 12.4 Å². The Balaban J connectivity index is 1.91. The van der Waals surface area contributed by atoms with Gasteiger partial charge >= 0.3 is 0 Å². The normalized spacial score (nSPS) is 13.0. The maximum Gasteiger partial charge on any atom is 0.213 e. The molecule has 0 saturated carbocycles. The number of hydrogen-bond acceptors (Lipinski definition) is 3. The molecule has 2 rings (SSSR count). The molecule has 0 aliphatic heterocycles. The van der Waals surface area contributed by atoms with Crippen LogP contribution in [0.3, 0.4) is 0 Å². The molecule has 0 spiro atoms. The first kappa shape index (κ1) is 20.0. The van der Waals surface area contributed by atoms with Gasteiger partial charge in [0, 0.05) is 24.4 Å². The lowest BCUT2D eigenvalue weighted by molar-refractivity contribution is 0.379. The zero-order chi connectivity index (χ0) is 19.4. The van der Waals surface area contributed by atoms with Gasteiger partial charge in [0.2, 0.25) is 5.89 Å². The monoisotopic (exact) mass is 356 g/mol. The van der Waals surface area contributed by atoms with Crippen LogP contribution >= 0.6 is 0 Å². The molecule has 0 atom stereocenters. The highest BCUT2D eigenvalue weighted by Gasteiger charge is 2.21. The molecule has 1 heterocycles. The van der Waals surface area contributed by atoms with Gasteiger partial charge in [-0.25, -0.2) is 4.98 Å². The first-order valence-electron chi connectivity index (χ1n) is 9.09. The average molecular weight is 357 g/mol. The van der Waals surface area contributed by atoms with Gasteiger partial charge in [-0.2, -0.15) is 0 Å². The Hall–Kier alpha value is -2.30. The summed E-state index contributed by atoms with van der Waals surface area (Å²) in [7, 11) is 1.77. The topological polar surface area (TPSA) is 62.5 Å². The predicted octanol–water partition coefficient (Wildman–Crippen LogP) is 3.92. The lowest BCUT2D eigenvalue weighted by Crippen LogP contribution is -2.43. The van der Waals surface area contributed by atoms with Crippen LogP contribution in [0.15, 0.2) is 39.9 Å². The fourth-order valence-electron chi connectivity index (χ4n) is 2.53. The fourth-order valence-corrected chi connectivity index (χ4v) is 2.53. The Kier molecular flexibility index (Phi) is 6.11. The van der Waals surface area contributed by atoms with Crippen molar-refractivity contribution in [2.24, 2.45) is 4.99 Å². The summed E-state index contributed by atoms with van der Waals surface area (Å²) in [6.45, 7) is 14.2. The van der Waals surface area contributed by atoms with Crippen molar-refractivity contribution in [2.45, 2.75) is 58.9 Å². The van der Waals surface area contributed by atoms with Crippen LogP contribution < -0.4 is 10.6 Å².